The van der Waals surface area contributed by atoms with Gasteiger partial charge in [-0.25, -0.2) is 0 Å². The summed E-state index contributed by atoms with van der Waals surface area (Å²) in [4.78, 5) is 27.2. The number of piperidine rings is 1. The summed E-state index contributed by atoms with van der Waals surface area (Å²) in [5.41, 5.74) is 3.34. The predicted octanol–water partition coefficient (Wildman–Crippen LogP) is 2.91. The summed E-state index contributed by atoms with van der Waals surface area (Å²) in [6.45, 7) is 1.13. The molecule has 4 rings (SSSR count). The van der Waals surface area contributed by atoms with Crippen molar-refractivity contribution in [3.63, 3.8) is 0 Å². The van der Waals surface area contributed by atoms with E-state index in [-0.39, 0.29) is 17.7 Å². The van der Waals surface area contributed by atoms with Crippen molar-refractivity contribution in [1.29, 1.82) is 0 Å². The van der Waals surface area contributed by atoms with E-state index in [9.17, 15) is 9.59 Å². The number of likely N-dealkylation sites (tertiary alicyclic amines) is 1. The topological polar surface area (TPSA) is 83.0 Å². The number of carbonyl (C=O) groups is 2. The maximum atomic E-state index is 12.7. The zero-order valence-corrected chi connectivity index (χ0v) is 15.8. The first kappa shape index (κ1) is 18.0. The number of aromatic amines is 1. The Morgan fingerprint density at radius 3 is 2.68 bits per heavy atom. The molecule has 0 unspecified atom stereocenters. The highest BCUT2D eigenvalue weighted by Crippen LogP contribution is 2.22. The number of nitrogens with zero attached hydrogens (tertiary/aromatic N) is 3. The van der Waals surface area contributed by atoms with Crippen molar-refractivity contribution in [2.45, 2.75) is 12.8 Å². The summed E-state index contributed by atoms with van der Waals surface area (Å²) in [6.07, 6.45) is 5.17. The van der Waals surface area contributed by atoms with Gasteiger partial charge < -0.3 is 14.8 Å². The summed E-state index contributed by atoms with van der Waals surface area (Å²) in [5.74, 6) is -0.266. The lowest BCUT2D eigenvalue weighted by Gasteiger charge is -2.32. The maximum Gasteiger partial charge on any atom is 0.270 e. The lowest BCUT2D eigenvalue weighted by Crippen LogP contribution is -2.44. The number of rotatable bonds is 4. The number of hydrogen-bond donors (Lipinski definition) is 2. The lowest BCUT2D eigenvalue weighted by atomic mass is 9.96. The Hall–Kier alpha value is -3.35. The number of benzene rings is 1. The van der Waals surface area contributed by atoms with E-state index >= 15 is 0 Å². The van der Waals surface area contributed by atoms with E-state index in [1.165, 1.54) is 0 Å². The predicted molar refractivity (Wildman–Crippen MR) is 107 cm³/mol. The Morgan fingerprint density at radius 2 is 2.00 bits per heavy atom. The number of nitrogens with one attached hydrogen (secondary N) is 2. The van der Waals surface area contributed by atoms with Gasteiger partial charge in [-0.1, -0.05) is 12.1 Å². The minimum absolute atomic E-state index is 0.0195. The van der Waals surface area contributed by atoms with Gasteiger partial charge in [0.25, 0.3) is 5.91 Å². The van der Waals surface area contributed by atoms with Crippen LogP contribution < -0.4 is 5.32 Å². The Bertz CT molecular complexity index is 959. The molecule has 1 aliphatic rings. The fraction of sp³-hybridized carbons (Fsp3) is 0.286. The second-order valence-electron chi connectivity index (χ2n) is 7.13. The molecule has 1 aliphatic heterocycles. The van der Waals surface area contributed by atoms with Crippen LogP contribution in [0.5, 0.6) is 0 Å². The van der Waals surface area contributed by atoms with E-state index in [4.69, 9.17) is 0 Å². The highest BCUT2D eigenvalue weighted by molar-refractivity contribution is 5.95. The van der Waals surface area contributed by atoms with Crippen molar-refractivity contribution >= 4 is 17.5 Å². The Balaban J connectivity index is 1.39. The number of hydrogen-bond acceptors (Lipinski definition) is 3. The molecule has 1 saturated heterocycles. The molecule has 1 atom stereocenters. The molecule has 2 amide bonds. The van der Waals surface area contributed by atoms with Crippen molar-refractivity contribution in [3.8, 4) is 11.3 Å². The van der Waals surface area contributed by atoms with Gasteiger partial charge in [-0.15, -0.1) is 0 Å². The third kappa shape index (κ3) is 3.69. The van der Waals surface area contributed by atoms with Crippen LogP contribution in [0, 0.1) is 5.92 Å². The van der Waals surface area contributed by atoms with Crippen molar-refractivity contribution in [2.75, 3.05) is 18.4 Å². The maximum absolute atomic E-state index is 12.7. The second kappa shape index (κ2) is 7.72. The van der Waals surface area contributed by atoms with Crippen molar-refractivity contribution in [1.82, 2.24) is 19.7 Å². The molecule has 3 heterocycles. The smallest absolute Gasteiger partial charge is 0.270 e. The largest absolute Gasteiger partial charge is 0.347 e. The summed E-state index contributed by atoms with van der Waals surface area (Å²) in [7, 11) is 1.86. The molecule has 7 heteroatoms. The molecule has 0 saturated carbocycles. The van der Waals surface area contributed by atoms with Gasteiger partial charge in [-0.05, 0) is 48.7 Å². The number of amides is 2. The van der Waals surface area contributed by atoms with Gasteiger partial charge in [-0.3, -0.25) is 14.7 Å². The highest BCUT2D eigenvalue weighted by Gasteiger charge is 2.29. The van der Waals surface area contributed by atoms with Gasteiger partial charge in [-0.2, -0.15) is 5.10 Å². The van der Waals surface area contributed by atoms with Crippen LogP contribution in [0.25, 0.3) is 11.3 Å². The van der Waals surface area contributed by atoms with Crippen LogP contribution in [0.1, 0.15) is 23.3 Å². The minimum Gasteiger partial charge on any atom is -0.347 e. The number of H-pyrrole nitrogens is 1. The van der Waals surface area contributed by atoms with Gasteiger partial charge in [0.15, 0.2) is 0 Å². The van der Waals surface area contributed by atoms with E-state index in [0.29, 0.717) is 18.8 Å². The zero-order chi connectivity index (χ0) is 19.5. The standard InChI is InChI=1S/C21H23N5O2/c1-25-12-3-5-19(25)21(28)26-13-2-4-16(14-26)20(27)23-17-8-6-15(7-9-17)18-10-11-22-24-18/h3,5-12,16H,2,4,13-14H2,1H3,(H,22,24)(H,23,27)/t16-/m0/s1. The molecular formula is C21H23N5O2. The van der Waals surface area contributed by atoms with Gasteiger partial charge in [0, 0.05) is 38.2 Å². The van der Waals surface area contributed by atoms with Gasteiger partial charge in [0.05, 0.1) is 11.6 Å². The first-order valence-electron chi connectivity index (χ1n) is 9.43. The molecule has 2 aromatic heterocycles. The van der Waals surface area contributed by atoms with Crippen LogP contribution in [0.4, 0.5) is 5.69 Å². The van der Waals surface area contributed by atoms with Crippen LogP contribution in [0.15, 0.2) is 54.9 Å². The molecule has 2 N–H and O–H groups in total. The average Bonchev–Trinajstić information content (AvgIpc) is 3.40. The van der Waals surface area contributed by atoms with Gasteiger partial charge >= 0.3 is 0 Å². The third-order valence-corrected chi connectivity index (χ3v) is 5.21. The molecule has 0 bridgehead atoms. The van der Waals surface area contributed by atoms with Gasteiger partial charge in [0.1, 0.15) is 5.69 Å². The third-order valence-electron chi connectivity index (χ3n) is 5.21. The molecular weight excluding hydrogens is 354 g/mol. The molecule has 0 spiro atoms. The lowest BCUT2D eigenvalue weighted by molar-refractivity contribution is -0.121. The van der Waals surface area contributed by atoms with Crippen LogP contribution in [0.3, 0.4) is 0 Å². The monoisotopic (exact) mass is 377 g/mol. The molecule has 28 heavy (non-hydrogen) atoms. The van der Waals surface area contributed by atoms with Crippen LogP contribution in [-0.4, -0.2) is 44.6 Å². The van der Waals surface area contributed by atoms with E-state index in [1.807, 2.05) is 60.3 Å². The van der Waals surface area contributed by atoms with E-state index in [0.717, 1.165) is 29.8 Å². The van der Waals surface area contributed by atoms with Crippen molar-refractivity contribution in [2.24, 2.45) is 13.0 Å². The molecule has 7 nitrogen and oxygen atoms in total. The van der Waals surface area contributed by atoms with E-state index in [1.54, 1.807) is 11.1 Å². The summed E-state index contributed by atoms with van der Waals surface area (Å²) in [5, 5.41) is 9.85. The fourth-order valence-corrected chi connectivity index (χ4v) is 3.62. The zero-order valence-electron chi connectivity index (χ0n) is 15.8. The second-order valence-corrected chi connectivity index (χ2v) is 7.13. The average molecular weight is 377 g/mol. The fourth-order valence-electron chi connectivity index (χ4n) is 3.62. The van der Waals surface area contributed by atoms with E-state index in [2.05, 4.69) is 15.5 Å². The quantitative estimate of drug-likeness (QED) is 0.733. The molecule has 1 aromatic carbocycles. The summed E-state index contributed by atoms with van der Waals surface area (Å²) in [6, 6.07) is 13.2. The molecule has 1 fully saturated rings. The Labute approximate surface area is 163 Å². The van der Waals surface area contributed by atoms with Crippen molar-refractivity contribution < 1.29 is 9.59 Å². The highest BCUT2D eigenvalue weighted by atomic mass is 16.2. The molecule has 0 radical (unpaired) electrons. The number of anilines is 1. The number of carbonyl (C=O) groups excluding carboxylic acids is 2. The summed E-state index contributed by atoms with van der Waals surface area (Å²) < 4.78 is 1.81. The first-order valence-corrected chi connectivity index (χ1v) is 9.43. The molecule has 3 aromatic rings. The summed E-state index contributed by atoms with van der Waals surface area (Å²) >= 11 is 0. The number of aromatic nitrogens is 3. The minimum atomic E-state index is -0.203. The van der Waals surface area contributed by atoms with Crippen LogP contribution in [0.2, 0.25) is 0 Å². The van der Waals surface area contributed by atoms with E-state index < -0.39 is 0 Å². The number of aryl methyl sites for hydroxylation is 1. The van der Waals surface area contributed by atoms with Gasteiger partial charge in [0.2, 0.25) is 5.91 Å². The van der Waals surface area contributed by atoms with Crippen LogP contribution in [-0.2, 0) is 11.8 Å². The first-order chi connectivity index (χ1) is 13.6. The van der Waals surface area contributed by atoms with Crippen molar-refractivity contribution in [3.05, 3.63) is 60.6 Å². The SMILES string of the molecule is Cn1cccc1C(=O)N1CCC[C@H](C(=O)Nc2ccc(-c3ccn[nH]3)cc2)C1. The Kier molecular flexibility index (Phi) is 4.97. The molecule has 144 valence electrons. The van der Waals surface area contributed by atoms with Crippen LogP contribution >= 0.6 is 0 Å². The normalized spacial score (nSPS) is 16.8. The Morgan fingerprint density at radius 1 is 1.18 bits per heavy atom. The molecule has 0 aliphatic carbocycles.